The zero-order chi connectivity index (χ0) is 35.8. The first-order valence-electron chi connectivity index (χ1n) is 17.8. The normalized spacial score (nSPS) is 12.4. The van der Waals surface area contributed by atoms with Gasteiger partial charge in [-0.15, -0.1) is 12.4 Å². The van der Waals surface area contributed by atoms with Crippen LogP contribution in [0.4, 0.5) is 34.1 Å². The molecule has 8 aromatic carbocycles. The number of carbonyl (C=O) groups is 1. The van der Waals surface area contributed by atoms with Crippen LogP contribution in [0.5, 0.6) is 0 Å². The summed E-state index contributed by atoms with van der Waals surface area (Å²) in [6.07, 6.45) is 0.618. The van der Waals surface area contributed by atoms with Crippen molar-refractivity contribution in [1.82, 2.24) is 0 Å². The first kappa shape index (κ1) is 36.1. The summed E-state index contributed by atoms with van der Waals surface area (Å²) in [5.74, 6) is 0. The lowest BCUT2D eigenvalue weighted by Gasteiger charge is -2.26. The Balaban J connectivity index is 0.000000165. The van der Waals surface area contributed by atoms with Crippen LogP contribution in [-0.2, 0) is 9.47 Å². The Morgan fingerprint density at radius 1 is 0.407 bits per heavy atom. The zero-order valence-electron chi connectivity index (χ0n) is 29.6. The molecule has 1 fully saturated rings. The maximum absolute atomic E-state index is 11.0. The number of nitrogens with zero attached hydrogens (tertiary/aromatic N) is 2. The average Bonchev–Trinajstić information content (AvgIpc) is 3.78. The van der Waals surface area contributed by atoms with E-state index in [0.717, 1.165) is 46.0 Å². The third-order valence-corrected chi connectivity index (χ3v) is 9.34. The molecule has 266 valence electrons. The summed E-state index contributed by atoms with van der Waals surface area (Å²) in [5, 5.41) is 4.89. The second-order valence-corrected chi connectivity index (χ2v) is 12.8. The molecule has 6 heteroatoms. The number of anilines is 6. The Kier molecular flexibility index (Phi) is 11.4. The standard InChI is InChI=1S/C25H21NO2.C23H17NO.ClH/c1-2-8-22(9-3-1)26(24-15-10-19-6-4-5-7-21(19)18-24)23-13-11-20(12-14-23)25-27-16-17-28-25;25-17-18-10-13-22(14-11-18)24(21-8-2-1-3-9-21)23-15-12-19-6-4-5-7-20(19)16-23;/h1-15,18,25H,16-17H2;1-17H;1H. The maximum atomic E-state index is 11.0. The molecule has 0 aromatic heterocycles. The van der Waals surface area contributed by atoms with E-state index in [0.29, 0.717) is 18.8 Å². The molecule has 0 radical (unpaired) electrons. The van der Waals surface area contributed by atoms with Crippen molar-refractivity contribution in [2.75, 3.05) is 23.0 Å². The molecule has 0 bridgehead atoms. The van der Waals surface area contributed by atoms with Crippen LogP contribution in [0.25, 0.3) is 21.5 Å². The SMILES string of the molecule is Cl.O=Cc1ccc(N(c2ccccc2)c2ccc3ccccc3c2)cc1.c1ccc(N(c2ccc(C3OCCO3)cc2)c2ccc3ccccc3c2)cc1. The van der Waals surface area contributed by atoms with Crippen molar-refractivity contribution in [3.63, 3.8) is 0 Å². The first-order chi connectivity index (χ1) is 26.2. The van der Waals surface area contributed by atoms with Gasteiger partial charge in [-0.3, -0.25) is 4.79 Å². The number of benzene rings is 8. The van der Waals surface area contributed by atoms with E-state index >= 15 is 0 Å². The molecule has 1 heterocycles. The van der Waals surface area contributed by atoms with Gasteiger partial charge in [0.05, 0.1) is 13.2 Å². The van der Waals surface area contributed by atoms with E-state index in [4.69, 9.17) is 9.47 Å². The zero-order valence-corrected chi connectivity index (χ0v) is 30.4. The molecule has 0 aliphatic carbocycles. The minimum absolute atomic E-state index is 0. The predicted octanol–water partition coefficient (Wildman–Crippen LogP) is 12.9. The quantitative estimate of drug-likeness (QED) is 0.146. The molecule has 54 heavy (non-hydrogen) atoms. The highest BCUT2D eigenvalue weighted by Gasteiger charge is 2.19. The third-order valence-electron chi connectivity index (χ3n) is 9.34. The van der Waals surface area contributed by atoms with E-state index in [2.05, 4.69) is 155 Å². The molecule has 8 aromatic rings. The van der Waals surface area contributed by atoms with Crippen molar-refractivity contribution < 1.29 is 14.3 Å². The fraction of sp³-hybridized carbons (Fsp3) is 0.0625. The van der Waals surface area contributed by atoms with Crippen LogP contribution in [0.3, 0.4) is 0 Å². The number of ether oxygens (including phenoxy) is 2. The van der Waals surface area contributed by atoms with Gasteiger partial charge in [-0.05, 0) is 106 Å². The maximum Gasteiger partial charge on any atom is 0.184 e. The molecule has 1 saturated heterocycles. The van der Waals surface area contributed by atoms with Gasteiger partial charge in [-0.1, -0.05) is 109 Å². The third kappa shape index (κ3) is 8.04. The van der Waals surface area contributed by atoms with Gasteiger partial charge in [-0.2, -0.15) is 0 Å². The number of halogens is 1. The van der Waals surface area contributed by atoms with Crippen LogP contribution in [-0.4, -0.2) is 19.5 Å². The highest BCUT2D eigenvalue weighted by atomic mass is 35.5. The molecule has 9 rings (SSSR count). The number of carbonyl (C=O) groups excluding carboxylic acids is 1. The van der Waals surface area contributed by atoms with Crippen LogP contribution < -0.4 is 9.80 Å². The lowest BCUT2D eigenvalue weighted by atomic mass is 10.1. The van der Waals surface area contributed by atoms with Gasteiger partial charge in [0.15, 0.2) is 6.29 Å². The minimum atomic E-state index is -0.250. The van der Waals surface area contributed by atoms with Gasteiger partial charge in [0, 0.05) is 45.3 Å². The lowest BCUT2D eigenvalue weighted by molar-refractivity contribution is -0.0441. The van der Waals surface area contributed by atoms with E-state index in [-0.39, 0.29) is 18.7 Å². The van der Waals surface area contributed by atoms with Crippen LogP contribution in [0.1, 0.15) is 22.2 Å². The van der Waals surface area contributed by atoms with E-state index in [1.165, 1.54) is 21.5 Å². The summed E-state index contributed by atoms with van der Waals surface area (Å²) < 4.78 is 11.2. The van der Waals surface area contributed by atoms with Crippen LogP contribution in [0.2, 0.25) is 0 Å². The molecule has 0 spiro atoms. The highest BCUT2D eigenvalue weighted by molar-refractivity contribution is 5.90. The van der Waals surface area contributed by atoms with Crippen molar-refractivity contribution in [2.24, 2.45) is 0 Å². The van der Waals surface area contributed by atoms with Gasteiger partial charge in [0.25, 0.3) is 0 Å². The lowest BCUT2D eigenvalue weighted by Crippen LogP contribution is -2.10. The molecule has 5 nitrogen and oxygen atoms in total. The topological polar surface area (TPSA) is 42.0 Å². The summed E-state index contributed by atoms with van der Waals surface area (Å²) >= 11 is 0. The summed E-state index contributed by atoms with van der Waals surface area (Å²) in [6.45, 7) is 1.30. The Bertz CT molecular complexity index is 2430. The fourth-order valence-electron chi connectivity index (χ4n) is 6.71. The average molecular weight is 727 g/mol. The van der Waals surface area contributed by atoms with E-state index in [1.54, 1.807) is 0 Å². The molecular formula is C48H39ClN2O3. The Labute approximate surface area is 322 Å². The number of hydrogen-bond donors (Lipinski definition) is 0. The Hall–Kier alpha value is -6.24. The predicted molar refractivity (Wildman–Crippen MR) is 225 cm³/mol. The molecule has 0 atom stereocenters. The first-order valence-corrected chi connectivity index (χ1v) is 17.8. The molecule has 1 aliphatic rings. The molecule has 0 unspecified atom stereocenters. The van der Waals surface area contributed by atoms with Gasteiger partial charge in [0.1, 0.15) is 6.29 Å². The number of para-hydroxylation sites is 2. The van der Waals surface area contributed by atoms with Gasteiger partial charge >= 0.3 is 0 Å². The monoisotopic (exact) mass is 726 g/mol. The van der Waals surface area contributed by atoms with Crippen LogP contribution in [0.15, 0.2) is 194 Å². The second-order valence-electron chi connectivity index (χ2n) is 12.8. The summed E-state index contributed by atoms with van der Waals surface area (Å²) in [7, 11) is 0. The Morgan fingerprint density at radius 2 is 0.778 bits per heavy atom. The molecule has 0 saturated carbocycles. The second kappa shape index (κ2) is 17.1. The van der Waals surface area contributed by atoms with Gasteiger partial charge in [-0.25, -0.2) is 0 Å². The molecular weight excluding hydrogens is 688 g/mol. The van der Waals surface area contributed by atoms with Gasteiger partial charge in [0.2, 0.25) is 0 Å². The fourth-order valence-corrected chi connectivity index (χ4v) is 6.71. The largest absolute Gasteiger partial charge is 0.346 e. The van der Waals surface area contributed by atoms with Crippen molar-refractivity contribution in [1.29, 1.82) is 0 Å². The van der Waals surface area contributed by atoms with E-state index in [1.807, 2.05) is 48.5 Å². The van der Waals surface area contributed by atoms with Crippen molar-refractivity contribution in [2.45, 2.75) is 6.29 Å². The highest BCUT2D eigenvalue weighted by Crippen LogP contribution is 2.38. The minimum Gasteiger partial charge on any atom is -0.346 e. The summed E-state index contributed by atoms with van der Waals surface area (Å²) in [5.41, 5.74) is 8.27. The van der Waals surface area contributed by atoms with E-state index < -0.39 is 0 Å². The van der Waals surface area contributed by atoms with E-state index in [9.17, 15) is 4.79 Å². The summed E-state index contributed by atoms with van der Waals surface area (Å²) in [6, 6.07) is 66.6. The van der Waals surface area contributed by atoms with Crippen molar-refractivity contribution in [3.05, 3.63) is 205 Å². The summed E-state index contributed by atoms with van der Waals surface area (Å²) in [4.78, 5) is 15.4. The number of aldehydes is 1. The van der Waals surface area contributed by atoms with Gasteiger partial charge < -0.3 is 19.3 Å². The smallest absolute Gasteiger partial charge is 0.184 e. The van der Waals surface area contributed by atoms with Crippen molar-refractivity contribution >= 4 is 74.4 Å². The van der Waals surface area contributed by atoms with Crippen LogP contribution >= 0.6 is 12.4 Å². The molecule has 1 aliphatic heterocycles. The van der Waals surface area contributed by atoms with Crippen molar-refractivity contribution in [3.8, 4) is 0 Å². The number of hydrogen-bond acceptors (Lipinski definition) is 5. The number of rotatable bonds is 8. The number of fused-ring (bicyclic) bond motifs is 2. The van der Waals surface area contributed by atoms with Crippen LogP contribution in [0, 0.1) is 0 Å². The molecule has 0 N–H and O–H groups in total. The Morgan fingerprint density at radius 3 is 1.22 bits per heavy atom. The molecule has 0 amide bonds.